The van der Waals surface area contributed by atoms with E-state index in [0.29, 0.717) is 13.1 Å². The summed E-state index contributed by atoms with van der Waals surface area (Å²) in [5, 5.41) is 3.21. The Labute approximate surface area is 103 Å². The maximum Gasteiger partial charge on any atom is 0.241 e. The molecule has 17 heavy (non-hydrogen) atoms. The van der Waals surface area contributed by atoms with Crippen LogP contribution in [0.3, 0.4) is 0 Å². The second kappa shape index (κ2) is 6.59. The van der Waals surface area contributed by atoms with Gasteiger partial charge in [-0.2, -0.15) is 0 Å². The first-order valence-corrected chi connectivity index (χ1v) is 6.36. The lowest BCUT2D eigenvalue weighted by atomic mass is 10.2. The van der Waals surface area contributed by atoms with Gasteiger partial charge in [0, 0.05) is 20.1 Å². The zero-order valence-electron chi connectivity index (χ0n) is 11.0. The van der Waals surface area contributed by atoms with Crippen LogP contribution in [0.1, 0.15) is 26.7 Å². The van der Waals surface area contributed by atoms with Gasteiger partial charge in [0.05, 0.1) is 12.6 Å². The lowest BCUT2D eigenvalue weighted by Crippen LogP contribution is -2.43. The summed E-state index contributed by atoms with van der Waals surface area (Å²) in [5.74, 6) is 0.0771. The smallest absolute Gasteiger partial charge is 0.241 e. The quantitative estimate of drug-likeness (QED) is 0.716. The number of nitrogens with zero attached hydrogens (tertiary/aromatic N) is 2. The van der Waals surface area contributed by atoms with E-state index in [9.17, 15) is 9.59 Å². The van der Waals surface area contributed by atoms with Crippen LogP contribution < -0.4 is 5.32 Å². The molecule has 1 aliphatic heterocycles. The van der Waals surface area contributed by atoms with Crippen LogP contribution in [0.4, 0.5) is 0 Å². The second-order valence-corrected chi connectivity index (χ2v) is 4.46. The van der Waals surface area contributed by atoms with Gasteiger partial charge in [0.25, 0.3) is 0 Å². The highest BCUT2D eigenvalue weighted by Crippen LogP contribution is 2.11. The molecular formula is C12H23N3O2. The normalized spacial score (nSPS) is 19.8. The van der Waals surface area contributed by atoms with Crippen LogP contribution in [0, 0.1) is 0 Å². The summed E-state index contributed by atoms with van der Waals surface area (Å²) in [6.07, 6.45) is 1.82. The Bertz CT molecular complexity index is 281. The molecule has 1 unspecified atom stereocenters. The van der Waals surface area contributed by atoms with E-state index in [1.54, 1.807) is 16.8 Å². The molecule has 2 amide bonds. The van der Waals surface area contributed by atoms with Gasteiger partial charge in [-0.1, -0.05) is 6.92 Å². The Kier molecular flexibility index (Phi) is 5.41. The monoisotopic (exact) mass is 241 g/mol. The van der Waals surface area contributed by atoms with Crippen molar-refractivity contribution in [2.24, 2.45) is 0 Å². The highest BCUT2D eigenvalue weighted by atomic mass is 16.2. The van der Waals surface area contributed by atoms with Crippen molar-refractivity contribution in [3.63, 3.8) is 0 Å². The minimum Gasteiger partial charge on any atom is -0.345 e. The maximum absolute atomic E-state index is 12.0. The summed E-state index contributed by atoms with van der Waals surface area (Å²) in [6.45, 7) is 6.43. The fourth-order valence-corrected chi connectivity index (χ4v) is 1.86. The van der Waals surface area contributed by atoms with Crippen molar-refractivity contribution in [1.82, 2.24) is 15.1 Å². The van der Waals surface area contributed by atoms with Crippen LogP contribution >= 0.6 is 0 Å². The van der Waals surface area contributed by atoms with Crippen molar-refractivity contribution < 1.29 is 9.59 Å². The van der Waals surface area contributed by atoms with Crippen molar-refractivity contribution >= 4 is 11.8 Å². The predicted octanol–water partition coefficient (Wildman–Crippen LogP) is 0.0652. The number of carbonyl (C=O) groups is 2. The molecule has 0 aromatic heterocycles. The van der Waals surface area contributed by atoms with Crippen LogP contribution in [0.25, 0.3) is 0 Å². The lowest BCUT2D eigenvalue weighted by Gasteiger charge is -2.20. The van der Waals surface area contributed by atoms with Crippen LogP contribution in [-0.4, -0.2) is 60.9 Å². The van der Waals surface area contributed by atoms with E-state index in [0.717, 1.165) is 19.4 Å². The minimum absolute atomic E-state index is 0.0111. The number of hydrogen-bond acceptors (Lipinski definition) is 3. The van der Waals surface area contributed by atoms with Crippen molar-refractivity contribution in [2.45, 2.75) is 32.7 Å². The van der Waals surface area contributed by atoms with Crippen LogP contribution in [0.2, 0.25) is 0 Å². The van der Waals surface area contributed by atoms with E-state index in [1.807, 2.05) is 6.92 Å². The summed E-state index contributed by atoms with van der Waals surface area (Å²) in [7, 11) is 1.76. The van der Waals surface area contributed by atoms with Crippen LogP contribution in [-0.2, 0) is 9.59 Å². The van der Waals surface area contributed by atoms with E-state index < -0.39 is 0 Å². The van der Waals surface area contributed by atoms with Gasteiger partial charge in [-0.25, -0.2) is 0 Å². The van der Waals surface area contributed by atoms with Crippen LogP contribution in [0.5, 0.6) is 0 Å². The standard InChI is InChI=1S/C12H23N3O2/c1-4-7-13-10-6-8-15(12(10)17)9-11(16)14(3)5-2/h10,13H,4-9H2,1-3H3. The third-order valence-electron chi connectivity index (χ3n) is 3.16. The molecule has 98 valence electrons. The average molecular weight is 241 g/mol. The van der Waals surface area contributed by atoms with Crippen molar-refractivity contribution in [3.8, 4) is 0 Å². The van der Waals surface area contributed by atoms with Crippen molar-refractivity contribution in [1.29, 1.82) is 0 Å². The highest BCUT2D eigenvalue weighted by molar-refractivity contribution is 5.89. The molecule has 1 rings (SSSR count). The molecule has 0 aromatic carbocycles. The molecule has 1 N–H and O–H groups in total. The molecule has 1 fully saturated rings. The minimum atomic E-state index is -0.0883. The number of amides is 2. The molecule has 0 saturated carbocycles. The first-order valence-electron chi connectivity index (χ1n) is 6.36. The van der Waals surface area contributed by atoms with Gasteiger partial charge in [0.15, 0.2) is 0 Å². The van der Waals surface area contributed by atoms with Crippen LogP contribution in [0.15, 0.2) is 0 Å². The van der Waals surface area contributed by atoms with Crippen molar-refractivity contribution in [2.75, 3.05) is 33.2 Å². The first-order chi connectivity index (χ1) is 8.10. The van der Waals surface area contributed by atoms with E-state index in [2.05, 4.69) is 12.2 Å². The number of likely N-dealkylation sites (tertiary alicyclic amines) is 1. The Hall–Kier alpha value is -1.10. The molecule has 1 atom stereocenters. The van der Waals surface area contributed by atoms with Gasteiger partial charge in [0.2, 0.25) is 11.8 Å². The number of rotatable bonds is 6. The number of nitrogens with one attached hydrogen (secondary N) is 1. The Morgan fingerprint density at radius 1 is 1.53 bits per heavy atom. The lowest BCUT2D eigenvalue weighted by molar-refractivity contribution is -0.138. The first kappa shape index (κ1) is 14.0. The SMILES string of the molecule is CCCNC1CCN(CC(=O)N(C)CC)C1=O. The maximum atomic E-state index is 12.0. The fraction of sp³-hybridized carbons (Fsp3) is 0.833. The van der Waals surface area contributed by atoms with Gasteiger partial charge < -0.3 is 15.1 Å². The number of likely N-dealkylation sites (N-methyl/N-ethyl adjacent to an activating group) is 1. The van der Waals surface area contributed by atoms with E-state index in [4.69, 9.17) is 0 Å². The van der Waals surface area contributed by atoms with E-state index in [1.165, 1.54) is 0 Å². The largest absolute Gasteiger partial charge is 0.345 e. The predicted molar refractivity (Wildman–Crippen MR) is 66.6 cm³/mol. The topological polar surface area (TPSA) is 52.7 Å². The molecule has 0 aromatic rings. The molecular weight excluding hydrogens is 218 g/mol. The molecule has 1 heterocycles. The summed E-state index contributed by atoms with van der Waals surface area (Å²) in [6, 6.07) is -0.0883. The zero-order chi connectivity index (χ0) is 12.8. The Balaban J connectivity index is 2.42. The third kappa shape index (κ3) is 3.70. The summed E-state index contributed by atoms with van der Waals surface area (Å²) in [5.41, 5.74) is 0. The summed E-state index contributed by atoms with van der Waals surface area (Å²) >= 11 is 0. The molecule has 5 heteroatoms. The van der Waals surface area contributed by atoms with E-state index in [-0.39, 0.29) is 24.4 Å². The van der Waals surface area contributed by atoms with Gasteiger partial charge in [-0.15, -0.1) is 0 Å². The van der Waals surface area contributed by atoms with Gasteiger partial charge in [-0.05, 0) is 26.3 Å². The molecule has 1 saturated heterocycles. The Morgan fingerprint density at radius 3 is 2.82 bits per heavy atom. The molecule has 0 spiro atoms. The molecule has 0 bridgehead atoms. The van der Waals surface area contributed by atoms with E-state index >= 15 is 0 Å². The third-order valence-corrected chi connectivity index (χ3v) is 3.16. The second-order valence-electron chi connectivity index (χ2n) is 4.46. The number of hydrogen-bond donors (Lipinski definition) is 1. The average Bonchev–Trinajstić information content (AvgIpc) is 2.67. The molecule has 0 radical (unpaired) electrons. The van der Waals surface area contributed by atoms with Gasteiger partial charge in [-0.3, -0.25) is 9.59 Å². The van der Waals surface area contributed by atoms with Gasteiger partial charge >= 0.3 is 0 Å². The molecule has 5 nitrogen and oxygen atoms in total. The molecule has 0 aliphatic carbocycles. The summed E-state index contributed by atoms with van der Waals surface area (Å²) in [4.78, 5) is 27.0. The van der Waals surface area contributed by atoms with Crippen molar-refractivity contribution in [3.05, 3.63) is 0 Å². The zero-order valence-corrected chi connectivity index (χ0v) is 11.0. The fourth-order valence-electron chi connectivity index (χ4n) is 1.86. The Morgan fingerprint density at radius 2 is 2.24 bits per heavy atom. The summed E-state index contributed by atoms with van der Waals surface area (Å²) < 4.78 is 0. The van der Waals surface area contributed by atoms with Gasteiger partial charge in [0.1, 0.15) is 0 Å². The molecule has 1 aliphatic rings. The number of carbonyl (C=O) groups excluding carboxylic acids is 2. The highest BCUT2D eigenvalue weighted by Gasteiger charge is 2.32.